The molecule has 2 aromatic rings. The number of imidazole rings is 1. The smallest absolute Gasteiger partial charge is 0.302 e. The summed E-state index contributed by atoms with van der Waals surface area (Å²) in [5.41, 5.74) is 6.78. The third-order valence-electron chi connectivity index (χ3n) is 9.10. The van der Waals surface area contributed by atoms with Crippen LogP contribution in [0.1, 0.15) is 168 Å². The first kappa shape index (κ1) is 52.4. The third kappa shape index (κ3) is 33.7. The van der Waals surface area contributed by atoms with Crippen molar-refractivity contribution in [2.24, 2.45) is 0 Å². The van der Waals surface area contributed by atoms with Crippen LogP contribution in [-0.4, -0.2) is 89.9 Å². The topological polar surface area (TPSA) is 214 Å². The molecule has 2 heterocycles. The average Bonchev–Trinajstić information content (AvgIpc) is 3.65. The molecule has 0 aromatic carbocycles. The van der Waals surface area contributed by atoms with Gasteiger partial charge in [-0.1, -0.05) is 109 Å². The molecule has 4 unspecified atom stereocenters. The number of hydrogen-bond donors (Lipinski definition) is 6. The Morgan fingerprint density at radius 2 is 1.14 bits per heavy atom. The van der Waals surface area contributed by atoms with E-state index in [1.54, 1.807) is 0 Å². The van der Waals surface area contributed by atoms with Gasteiger partial charge in [-0.2, -0.15) is 0 Å². The minimum absolute atomic E-state index is 0.0286. The zero-order valence-corrected chi connectivity index (χ0v) is 34.6. The molecule has 0 aliphatic carbocycles. The Morgan fingerprint density at radius 3 is 1.55 bits per heavy atom. The van der Waals surface area contributed by atoms with Crippen molar-refractivity contribution in [2.75, 3.05) is 18.9 Å². The van der Waals surface area contributed by atoms with Crippen LogP contribution in [0.4, 0.5) is 5.82 Å². The molecule has 2 rings (SSSR count). The van der Waals surface area contributed by atoms with E-state index in [9.17, 15) is 30.0 Å². The van der Waals surface area contributed by atoms with Gasteiger partial charge in [0.15, 0.2) is 11.5 Å². The lowest BCUT2D eigenvalue weighted by Crippen LogP contribution is -2.23. The second-order valence-corrected chi connectivity index (χ2v) is 14.5. The number of H-pyrrole nitrogens is 1. The maximum absolute atomic E-state index is 10.6. The molecule has 0 saturated heterocycles. The molecule has 0 spiro atoms. The highest BCUT2D eigenvalue weighted by molar-refractivity contribution is 5.80. The Bertz CT molecular complexity index is 1290. The number of anilines is 1. The minimum Gasteiger partial charge on any atom is -0.463 e. The fourth-order valence-corrected chi connectivity index (χ4v) is 5.96. The largest absolute Gasteiger partial charge is 0.463 e. The van der Waals surface area contributed by atoms with Crippen molar-refractivity contribution in [2.45, 2.75) is 192 Å². The molecule has 0 amide bonds. The van der Waals surface area contributed by atoms with E-state index in [1.807, 2.05) is 6.08 Å². The van der Waals surface area contributed by atoms with Gasteiger partial charge in [0, 0.05) is 33.1 Å². The number of aromatic nitrogens is 4. The Balaban J connectivity index is 0.000000865. The summed E-state index contributed by atoms with van der Waals surface area (Å²) in [6.07, 6.45) is 33.5. The molecular formula is C43H75N5O8. The maximum atomic E-state index is 10.6. The monoisotopic (exact) mass is 790 g/mol. The number of esters is 2. The second kappa shape index (κ2) is 37.0. The molecule has 0 radical (unpaired) electrons. The van der Waals surface area contributed by atoms with E-state index >= 15 is 0 Å². The van der Waals surface area contributed by atoms with E-state index in [2.05, 4.69) is 32.4 Å². The predicted octanol–water partition coefficient (Wildman–Crippen LogP) is 7.66. The van der Waals surface area contributed by atoms with Crippen molar-refractivity contribution < 1.29 is 39.5 Å². The highest BCUT2D eigenvalue weighted by Crippen LogP contribution is 2.15. The molecule has 56 heavy (non-hydrogen) atoms. The summed E-state index contributed by atoms with van der Waals surface area (Å²) < 4.78 is 9.42. The summed E-state index contributed by atoms with van der Waals surface area (Å²) in [7, 11) is 0. The van der Waals surface area contributed by atoms with Crippen LogP contribution in [0.2, 0.25) is 0 Å². The van der Waals surface area contributed by atoms with Crippen molar-refractivity contribution >= 4 is 28.9 Å². The molecule has 2 aromatic heterocycles. The molecule has 13 heteroatoms. The number of terminal acetylenes is 1. The molecule has 7 N–H and O–H groups in total. The average molecular weight is 790 g/mol. The second-order valence-electron chi connectivity index (χ2n) is 14.5. The van der Waals surface area contributed by atoms with E-state index < -0.39 is 36.4 Å². The van der Waals surface area contributed by atoms with Crippen molar-refractivity contribution in [1.29, 1.82) is 0 Å². The van der Waals surface area contributed by atoms with Crippen LogP contribution >= 0.6 is 0 Å². The lowest BCUT2D eigenvalue weighted by molar-refractivity contribution is -0.145. The minimum atomic E-state index is -0.775. The number of carbonyl (C=O) groups excluding carboxylic acids is 2. The summed E-state index contributed by atoms with van der Waals surface area (Å²) >= 11 is 0. The van der Waals surface area contributed by atoms with E-state index in [1.165, 1.54) is 110 Å². The van der Waals surface area contributed by atoms with E-state index in [0.29, 0.717) is 29.8 Å². The number of nitrogens with one attached hydrogen (secondary N) is 1. The number of nitrogens with zero attached hydrogens (tertiary/aromatic N) is 3. The molecule has 0 aliphatic rings. The molecule has 13 nitrogen and oxygen atoms in total. The standard InChI is InChI=1S/C19H36O4.C19H34O4.C5H5N5/c2*1-3-4-5-6-7-8-9-10-11-12-13-14-18(21)15-19(22)16-23-17(2)20;6-4-3-5(9-1-7-3)10-2-8-4/h3,18-19,21-22H,1,4-16H2,2H3;1,18-19,21-22H,4-16H2,2H3;1-2H,(H3,6,7,8,9,10). The van der Waals surface area contributed by atoms with Crippen LogP contribution < -0.4 is 5.73 Å². The van der Waals surface area contributed by atoms with E-state index in [4.69, 9.17) is 21.6 Å². The van der Waals surface area contributed by atoms with Gasteiger partial charge in [-0.15, -0.1) is 18.9 Å². The van der Waals surface area contributed by atoms with E-state index in [0.717, 1.165) is 44.9 Å². The van der Waals surface area contributed by atoms with Crippen LogP contribution in [0.3, 0.4) is 0 Å². The van der Waals surface area contributed by atoms with Crippen LogP contribution in [0.15, 0.2) is 25.3 Å². The molecule has 0 bridgehead atoms. The van der Waals surface area contributed by atoms with Gasteiger partial charge in [0.1, 0.15) is 25.1 Å². The van der Waals surface area contributed by atoms with Gasteiger partial charge in [-0.05, 0) is 32.1 Å². The number of aliphatic hydroxyl groups is 4. The number of unbranched alkanes of at least 4 members (excludes halogenated alkanes) is 18. The summed E-state index contributed by atoms with van der Waals surface area (Å²) in [6.45, 7) is 6.28. The van der Waals surface area contributed by atoms with Crippen LogP contribution in [0.25, 0.3) is 11.2 Å². The Hall–Kier alpha value is -3.57. The Kier molecular flexibility index (Phi) is 34.7. The number of ether oxygens (including phenoxy) is 2. The molecule has 320 valence electrons. The first-order valence-electron chi connectivity index (χ1n) is 20.9. The number of carbonyl (C=O) groups is 2. The lowest BCUT2D eigenvalue weighted by Gasteiger charge is -2.15. The van der Waals surface area contributed by atoms with Crippen LogP contribution in [0.5, 0.6) is 0 Å². The summed E-state index contributed by atoms with van der Waals surface area (Å²) in [5, 5.41) is 38.8. The van der Waals surface area contributed by atoms with Gasteiger partial charge in [0.05, 0.1) is 30.7 Å². The van der Waals surface area contributed by atoms with Crippen LogP contribution in [-0.2, 0) is 19.1 Å². The summed E-state index contributed by atoms with van der Waals surface area (Å²) in [6, 6.07) is 0. The highest BCUT2D eigenvalue weighted by atomic mass is 16.5. The number of aromatic amines is 1. The summed E-state index contributed by atoms with van der Waals surface area (Å²) in [5.74, 6) is 2.29. The number of nitrogens with two attached hydrogens (primary N) is 1. The van der Waals surface area contributed by atoms with Gasteiger partial charge in [0.25, 0.3) is 0 Å². The SMILES string of the molecule is C#CCCCCCCCCCCCC(O)CC(O)COC(C)=O.C=CCCCCCCCCCCCC(O)CC(O)COC(C)=O.Nc1ncnc2nc[nH]c12. The number of nitrogen functional groups attached to an aromatic ring is 1. The number of aliphatic hydroxyl groups excluding tert-OH is 4. The molecule has 0 fully saturated rings. The molecule has 4 atom stereocenters. The van der Waals surface area contributed by atoms with Gasteiger partial charge in [-0.3, -0.25) is 9.59 Å². The molecule has 0 saturated carbocycles. The molecular weight excluding hydrogens is 714 g/mol. The number of hydrogen-bond acceptors (Lipinski definition) is 12. The highest BCUT2D eigenvalue weighted by Gasteiger charge is 2.14. The quantitative estimate of drug-likeness (QED) is 0.0188. The predicted molar refractivity (Wildman–Crippen MR) is 223 cm³/mol. The number of rotatable bonds is 31. The van der Waals surface area contributed by atoms with Gasteiger partial charge < -0.3 is 40.6 Å². The van der Waals surface area contributed by atoms with Crippen LogP contribution in [0, 0.1) is 12.3 Å². The van der Waals surface area contributed by atoms with Crippen molar-refractivity contribution in [3.05, 3.63) is 25.3 Å². The van der Waals surface area contributed by atoms with Gasteiger partial charge in [-0.25, -0.2) is 15.0 Å². The number of fused-ring (bicyclic) bond motifs is 1. The summed E-state index contributed by atoms with van der Waals surface area (Å²) in [4.78, 5) is 35.6. The third-order valence-corrected chi connectivity index (χ3v) is 9.10. The zero-order valence-electron chi connectivity index (χ0n) is 34.6. The first-order valence-corrected chi connectivity index (χ1v) is 20.9. The fraction of sp³-hybridized carbons (Fsp3) is 0.744. The van der Waals surface area contributed by atoms with Gasteiger partial charge in [0.2, 0.25) is 0 Å². The van der Waals surface area contributed by atoms with E-state index in [-0.39, 0.29) is 26.1 Å². The lowest BCUT2D eigenvalue weighted by atomic mass is 10.0. The number of allylic oxidation sites excluding steroid dienone is 1. The Morgan fingerprint density at radius 1 is 0.714 bits per heavy atom. The first-order chi connectivity index (χ1) is 27.0. The Labute approximate surface area is 336 Å². The molecule has 0 aliphatic heterocycles. The maximum Gasteiger partial charge on any atom is 0.302 e. The van der Waals surface area contributed by atoms with Crippen molar-refractivity contribution in [3.63, 3.8) is 0 Å². The fourth-order valence-electron chi connectivity index (χ4n) is 5.96. The normalized spacial score (nSPS) is 12.9. The van der Waals surface area contributed by atoms with Gasteiger partial charge >= 0.3 is 11.9 Å². The van der Waals surface area contributed by atoms with Crippen molar-refractivity contribution in [1.82, 2.24) is 19.9 Å². The van der Waals surface area contributed by atoms with Crippen molar-refractivity contribution in [3.8, 4) is 12.3 Å². The zero-order chi connectivity index (χ0) is 41.7.